The van der Waals surface area contributed by atoms with E-state index in [4.69, 9.17) is 27.8 Å². The highest BCUT2D eigenvalue weighted by Crippen LogP contribution is 2.26. The average molecular weight is 728 g/mol. The number of rotatable bonds is 18. The van der Waals surface area contributed by atoms with Crippen LogP contribution < -0.4 is 20.3 Å². The highest BCUT2D eigenvalue weighted by molar-refractivity contribution is 5.80. The van der Waals surface area contributed by atoms with Crippen molar-refractivity contribution in [1.29, 1.82) is 0 Å². The minimum absolute atomic E-state index is 0.0546. The first-order valence-corrected chi connectivity index (χ1v) is 18.1. The summed E-state index contributed by atoms with van der Waals surface area (Å²) in [6.07, 6.45) is 4.55. The third kappa shape index (κ3) is 9.49. The molecule has 7 aromatic rings. The second kappa shape index (κ2) is 17.7. The van der Waals surface area contributed by atoms with Gasteiger partial charge in [0.1, 0.15) is 40.8 Å². The standard InChI is InChI=1S/C43H41N3O8/c1-30-10-17-40-37(25-30)39(48)28-42(53-40)32-11-13-34(14-12-32)51-19-6-5-9-33-29-46(45-44-33)18-20-49-21-22-50-23-24-52-35-15-16-36-38(47)27-41(54-43(36)26-35)31-7-3-2-4-8-31/h2-4,7-8,10-17,25-29H,5-6,9,18-24H2,1H3. The number of aromatic nitrogens is 3. The van der Waals surface area contributed by atoms with Crippen LogP contribution in [0.3, 0.4) is 0 Å². The van der Waals surface area contributed by atoms with E-state index in [-0.39, 0.29) is 10.9 Å². The van der Waals surface area contributed by atoms with Crippen LogP contribution in [0.25, 0.3) is 44.6 Å². The van der Waals surface area contributed by atoms with Gasteiger partial charge in [-0.05, 0) is 74.7 Å². The van der Waals surface area contributed by atoms with Gasteiger partial charge in [0.05, 0.1) is 56.0 Å². The molecule has 0 amide bonds. The number of aryl methyl sites for hydroxylation is 2. The van der Waals surface area contributed by atoms with Crippen molar-refractivity contribution in [2.24, 2.45) is 0 Å². The first-order valence-electron chi connectivity index (χ1n) is 18.1. The fourth-order valence-electron chi connectivity index (χ4n) is 5.96. The molecule has 0 N–H and O–H groups in total. The summed E-state index contributed by atoms with van der Waals surface area (Å²) in [5.41, 5.74) is 4.51. The fraction of sp³-hybridized carbons (Fsp3) is 0.256. The molecule has 7 rings (SSSR count). The van der Waals surface area contributed by atoms with E-state index >= 15 is 0 Å². The number of hydrogen-bond acceptors (Lipinski definition) is 10. The Bertz CT molecular complexity index is 2420. The molecule has 0 saturated carbocycles. The molecule has 3 heterocycles. The van der Waals surface area contributed by atoms with Gasteiger partial charge in [-0.1, -0.05) is 47.2 Å². The maximum atomic E-state index is 12.6. The van der Waals surface area contributed by atoms with E-state index < -0.39 is 0 Å². The maximum Gasteiger partial charge on any atom is 0.193 e. The van der Waals surface area contributed by atoms with Gasteiger partial charge < -0.3 is 27.8 Å². The van der Waals surface area contributed by atoms with Crippen molar-refractivity contribution in [3.05, 3.63) is 141 Å². The van der Waals surface area contributed by atoms with Gasteiger partial charge in [0.2, 0.25) is 0 Å². The Balaban J connectivity index is 0.738. The lowest BCUT2D eigenvalue weighted by Crippen LogP contribution is -2.13. The summed E-state index contributed by atoms with van der Waals surface area (Å²) >= 11 is 0. The number of benzene rings is 4. The highest BCUT2D eigenvalue weighted by atomic mass is 16.5. The quantitative estimate of drug-likeness (QED) is 0.0814. The molecule has 0 bridgehead atoms. The largest absolute Gasteiger partial charge is 0.494 e. The smallest absolute Gasteiger partial charge is 0.193 e. The summed E-state index contributed by atoms with van der Waals surface area (Å²) in [6.45, 7) is 5.27. The van der Waals surface area contributed by atoms with Crippen molar-refractivity contribution >= 4 is 21.9 Å². The van der Waals surface area contributed by atoms with Gasteiger partial charge in [0.15, 0.2) is 10.9 Å². The van der Waals surface area contributed by atoms with Crippen molar-refractivity contribution in [1.82, 2.24) is 15.0 Å². The lowest BCUT2D eigenvalue weighted by Gasteiger charge is -2.09. The third-order valence-corrected chi connectivity index (χ3v) is 8.80. The number of fused-ring (bicyclic) bond motifs is 2. The SMILES string of the molecule is Cc1ccc2oc(-c3ccc(OCCCCc4cn(CCOCCOCCOc5ccc6c(=O)cc(-c7ccccc7)oc6c5)nn4)cc3)cc(=O)c2c1. The molecule has 0 aliphatic heterocycles. The summed E-state index contributed by atoms with van der Waals surface area (Å²) in [5, 5.41) is 9.58. The van der Waals surface area contributed by atoms with Crippen molar-refractivity contribution in [3.8, 4) is 34.1 Å². The van der Waals surface area contributed by atoms with Gasteiger partial charge in [-0.2, -0.15) is 0 Å². The Morgan fingerprint density at radius 2 is 1.30 bits per heavy atom. The molecule has 0 fully saturated rings. The molecule has 11 heteroatoms. The van der Waals surface area contributed by atoms with Crippen LogP contribution in [0.1, 0.15) is 24.1 Å². The van der Waals surface area contributed by atoms with E-state index in [9.17, 15) is 9.59 Å². The zero-order chi connectivity index (χ0) is 37.1. The predicted molar refractivity (Wildman–Crippen MR) is 206 cm³/mol. The van der Waals surface area contributed by atoms with E-state index in [1.807, 2.05) is 85.9 Å². The van der Waals surface area contributed by atoms with Gasteiger partial charge in [-0.15, -0.1) is 5.10 Å². The molecule has 0 spiro atoms. The Labute approximate surface area is 311 Å². The molecule has 0 aliphatic carbocycles. The molecule has 0 saturated heterocycles. The van der Waals surface area contributed by atoms with Crippen molar-refractivity contribution in [3.63, 3.8) is 0 Å². The Morgan fingerprint density at radius 3 is 2.11 bits per heavy atom. The van der Waals surface area contributed by atoms with E-state index in [0.29, 0.717) is 85.4 Å². The minimum atomic E-state index is -0.0976. The van der Waals surface area contributed by atoms with Crippen LogP contribution in [0, 0.1) is 6.92 Å². The fourth-order valence-corrected chi connectivity index (χ4v) is 5.96. The zero-order valence-corrected chi connectivity index (χ0v) is 30.1. The number of hydrogen-bond donors (Lipinski definition) is 0. The number of ether oxygens (including phenoxy) is 4. The maximum absolute atomic E-state index is 12.6. The molecule has 11 nitrogen and oxygen atoms in total. The zero-order valence-electron chi connectivity index (χ0n) is 30.1. The van der Waals surface area contributed by atoms with Crippen molar-refractivity contribution < 1.29 is 27.8 Å². The van der Waals surface area contributed by atoms with E-state index in [2.05, 4.69) is 10.3 Å². The van der Waals surface area contributed by atoms with Crippen LogP contribution in [0.4, 0.5) is 0 Å². The molecule has 54 heavy (non-hydrogen) atoms. The van der Waals surface area contributed by atoms with Gasteiger partial charge in [0, 0.05) is 35.5 Å². The molecule has 4 aromatic carbocycles. The minimum Gasteiger partial charge on any atom is -0.494 e. The molecule has 0 radical (unpaired) electrons. The Kier molecular flexibility index (Phi) is 11.9. The molecule has 0 aliphatic rings. The summed E-state index contributed by atoms with van der Waals surface area (Å²) in [7, 11) is 0. The van der Waals surface area contributed by atoms with Crippen LogP contribution in [0.2, 0.25) is 0 Å². The molecular formula is C43H41N3O8. The lowest BCUT2D eigenvalue weighted by atomic mass is 10.1. The molecular weight excluding hydrogens is 686 g/mol. The van der Waals surface area contributed by atoms with Crippen LogP contribution in [0.15, 0.2) is 128 Å². The summed E-state index contributed by atoms with van der Waals surface area (Å²) in [5.74, 6) is 2.41. The lowest BCUT2D eigenvalue weighted by molar-refractivity contribution is 0.0333. The summed E-state index contributed by atoms with van der Waals surface area (Å²) in [6, 6.07) is 31.0. The van der Waals surface area contributed by atoms with E-state index in [1.165, 1.54) is 12.1 Å². The second-order valence-corrected chi connectivity index (χ2v) is 12.8. The average Bonchev–Trinajstić information content (AvgIpc) is 3.65. The first-order chi connectivity index (χ1) is 26.5. The molecule has 276 valence electrons. The molecule has 0 unspecified atom stereocenters. The highest BCUT2D eigenvalue weighted by Gasteiger charge is 2.10. The van der Waals surface area contributed by atoms with Crippen LogP contribution in [-0.2, 0) is 22.4 Å². The summed E-state index contributed by atoms with van der Waals surface area (Å²) < 4.78 is 36.9. The third-order valence-electron chi connectivity index (χ3n) is 8.80. The number of unbranched alkanes of at least 4 members (excludes halogenated alkanes) is 1. The monoisotopic (exact) mass is 727 g/mol. The van der Waals surface area contributed by atoms with Crippen molar-refractivity contribution in [2.45, 2.75) is 32.7 Å². The topological polar surface area (TPSA) is 128 Å². The van der Waals surface area contributed by atoms with E-state index in [1.54, 1.807) is 22.9 Å². The Hall–Kier alpha value is -6.04. The van der Waals surface area contributed by atoms with Gasteiger partial charge in [0.25, 0.3) is 0 Å². The van der Waals surface area contributed by atoms with Crippen LogP contribution in [-0.4, -0.2) is 54.6 Å². The van der Waals surface area contributed by atoms with Gasteiger partial charge >= 0.3 is 0 Å². The van der Waals surface area contributed by atoms with Gasteiger partial charge in [-0.3, -0.25) is 9.59 Å². The van der Waals surface area contributed by atoms with Crippen LogP contribution >= 0.6 is 0 Å². The van der Waals surface area contributed by atoms with E-state index in [0.717, 1.165) is 47.4 Å². The second-order valence-electron chi connectivity index (χ2n) is 12.8. The first kappa shape index (κ1) is 36.3. The summed E-state index contributed by atoms with van der Waals surface area (Å²) in [4.78, 5) is 25.2. The Morgan fingerprint density at radius 1 is 0.611 bits per heavy atom. The molecule has 0 atom stereocenters. The number of nitrogens with zero attached hydrogens (tertiary/aromatic N) is 3. The van der Waals surface area contributed by atoms with Crippen LogP contribution in [0.5, 0.6) is 11.5 Å². The normalized spacial score (nSPS) is 11.4. The predicted octanol–water partition coefficient (Wildman–Crippen LogP) is 7.65. The van der Waals surface area contributed by atoms with Crippen molar-refractivity contribution in [2.75, 3.05) is 39.6 Å². The van der Waals surface area contributed by atoms with Gasteiger partial charge in [-0.25, -0.2) is 4.68 Å². The molecule has 3 aromatic heterocycles.